The molecule has 1 aromatic carbocycles. The van der Waals surface area contributed by atoms with Crippen molar-refractivity contribution in [2.75, 3.05) is 23.3 Å². The average molecular weight is 355 g/mol. The molecular formula is C18H17N3OS2. The number of anilines is 2. The topological polar surface area (TPSA) is 45.2 Å². The number of aromatic nitrogens is 1. The Kier molecular flexibility index (Phi) is 4.08. The number of carbonyl (C=O) groups excluding carboxylic acids is 1. The van der Waals surface area contributed by atoms with Gasteiger partial charge in [0.25, 0.3) is 5.91 Å². The van der Waals surface area contributed by atoms with E-state index in [0.717, 1.165) is 35.8 Å². The van der Waals surface area contributed by atoms with E-state index in [2.05, 4.69) is 34.3 Å². The largest absolute Gasteiger partial charge is 0.371 e. The maximum Gasteiger partial charge on any atom is 0.275 e. The Morgan fingerprint density at radius 3 is 3.04 bits per heavy atom. The molecule has 3 aromatic rings. The van der Waals surface area contributed by atoms with Crippen molar-refractivity contribution in [3.05, 3.63) is 51.7 Å². The molecule has 122 valence electrons. The summed E-state index contributed by atoms with van der Waals surface area (Å²) in [5.41, 5.74) is 4.94. The third-order valence-electron chi connectivity index (χ3n) is 4.22. The zero-order valence-corrected chi connectivity index (χ0v) is 14.9. The fourth-order valence-corrected chi connectivity index (χ4v) is 4.46. The van der Waals surface area contributed by atoms with Gasteiger partial charge in [0.1, 0.15) is 10.7 Å². The summed E-state index contributed by atoms with van der Waals surface area (Å²) in [5, 5.41) is 9.72. The van der Waals surface area contributed by atoms with Gasteiger partial charge in [-0.1, -0.05) is 6.07 Å². The van der Waals surface area contributed by atoms with Crippen molar-refractivity contribution in [1.29, 1.82) is 0 Å². The molecule has 0 saturated heterocycles. The van der Waals surface area contributed by atoms with E-state index >= 15 is 0 Å². The van der Waals surface area contributed by atoms with Crippen LogP contribution in [-0.4, -0.2) is 24.0 Å². The second kappa shape index (κ2) is 6.37. The highest BCUT2D eigenvalue weighted by molar-refractivity contribution is 7.14. The first kappa shape index (κ1) is 15.4. The summed E-state index contributed by atoms with van der Waals surface area (Å²) < 4.78 is 0. The Morgan fingerprint density at radius 2 is 2.25 bits per heavy atom. The van der Waals surface area contributed by atoms with Crippen LogP contribution in [0, 0.1) is 0 Å². The van der Waals surface area contributed by atoms with E-state index in [1.165, 1.54) is 22.6 Å². The van der Waals surface area contributed by atoms with Gasteiger partial charge >= 0.3 is 0 Å². The summed E-state index contributed by atoms with van der Waals surface area (Å²) in [6, 6.07) is 8.17. The predicted molar refractivity (Wildman–Crippen MR) is 101 cm³/mol. The van der Waals surface area contributed by atoms with Gasteiger partial charge in [0, 0.05) is 40.8 Å². The normalized spacial score (nSPS) is 13.1. The van der Waals surface area contributed by atoms with E-state index in [1.54, 1.807) is 11.3 Å². The Bertz CT molecular complexity index is 870. The van der Waals surface area contributed by atoms with Crippen LogP contribution in [0.1, 0.15) is 23.0 Å². The zero-order chi connectivity index (χ0) is 16.5. The standard InChI is InChI=1S/C18H17N3OS2/c1-2-21-7-5-12-3-4-14(9-16(12)21)19-17(22)15-11-24-18(20-15)13-6-8-23-10-13/h3-4,6,8-11H,2,5,7H2,1H3,(H,19,22). The minimum absolute atomic E-state index is 0.159. The molecule has 0 saturated carbocycles. The van der Waals surface area contributed by atoms with Crippen LogP contribution >= 0.6 is 22.7 Å². The lowest BCUT2D eigenvalue weighted by Gasteiger charge is -2.17. The molecule has 0 aliphatic carbocycles. The van der Waals surface area contributed by atoms with Crippen LogP contribution in [-0.2, 0) is 6.42 Å². The van der Waals surface area contributed by atoms with Crippen LogP contribution in [0.5, 0.6) is 0 Å². The molecule has 4 nitrogen and oxygen atoms in total. The Labute approximate surface area is 148 Å². The van der Waals surface area contributed by atoms with Gasteiger partial charge in [0.2, 0.25) is 0 Å². The number of amides is 1. The van der Waals surface area contributed by atoms with Gasteiger partial charge in [-0.2, -0.15) is 11.3 Å². The summed E-state index contributed by atoms with van der Waals surface area (Å²) in [6.07, 6.45) is 1.08. The van der Waals surface area contributed by atoms with E-state index in [9.17, 15) is 4.79 Å². The molecule has 1 N–H and O–H groups in total. The molecule has 6 heteroatoms. The van der Waals surface area contributed by atoms with Crippen LogP contribution in [0.2, 0.25) is 0 Å². The summed E-state index contributed by atoms with van der Waals surface area (Å²) in [7, 11) is 0. The average Bonchev–Trinajstić information content (AvgIpc) is 3.33. The van der Waals surface area contributed by atoms with Crippen molar-refractivity contribution in [1.82, 2.24) is 4.98 Å². The van der Waals surface area contributed by atoms with Crippen molar-refractivity contribution in [2.45, 2.75) is 13.3 Å². The maximum atomic E-state index is 12.5. The number of fused-ring (bicyclic) bond motifs is 1. The second-order valence-electron chi connectivity index (χ2n) is 5.68. The van der Waals surface area contributed by atoms with Crippen LogP contribution in [0.25, 0.3) is 10.6 Å². The Balaban J connectivity index is 1.53. The van der Waals surface area contributed by atoms with E-state index in [4.69, 9.17) is 0 Å². The third-order valence-corrected chi connectivity index (χ3v) is 5.80. The predicted octanol–water partition coefficient (Wildman–Crippen LogP) is 4.51. The monoisotopic (exact) mass is 355 g/mol. The van der Waals surface area contributed by atoms with Crippen LogP contribution in [0.15, 0.2) is 40.4 Å². The van der Waals surface area contributed by atoms with Gasteiger partial charge in [-0.3, -0.25) is 4.79 Å². The molecule has 1 amide bonds. The molecule has 24 heavy (non-hydrogen) atoms. The molecule has 0 bridgehead atoms. The van der Waals surface area contributed by atoms with Gasteiger partial charge in [-0.25, -0.2) is 4.98 Å². The summed E-state index contributed by atoms with van der Waals surface area (Å²) in [6.45, 7) is 4.20. The molecular weight excluding hydrogens is 338 g/mol. The van der Waals surface area contributed by atoms with Crippen LogP contribution < -0.4 is 10.2 Å². The minimum Gasteiger partial charge on any atom is -0.371 e. The maximum absolute atomic E-state index is 12.5. The van der Waals surface area contributed by atoms with Crippen molar-refractivity contribution in [3.8, 4) is 10.6 Å². The molecule has 1 aliphatic heterocycles. The number of likely N-dealkylation sites (N-methyl/N-ethyl adjacent to an activating group) is 1. The molecule has 0 radical (unpaired) electrons. The van der Waals surface area contributed by atoms with Crippen molar-refractivity contribution in [2.24, 2.45) is 0 Å². The highest BCUT2D eigenvalue weighted by Gasteiger charge is 2.19. The summed E-state index contributed by atoms with van der Waals surface area (Å²) in [5.74, 6) is -0.159. The van der Waals surface area contributed by atoms with Gasteiger partial charge in [-0.15, -0.1) is 11.3 Å². The van der Waals surface area contributed by atoms with Crippen molar-refractivity contribution >= 4 is 40.0 Å². The van der Waals surface area contributed by atoms with Crippen LogP contribution in [0.3, 0.4) is 0 Å². The molecule has 3 heterocycles. The number of thiophene rings is 1. The minimum atomic E-state index is -0.159. The van der Waals surface area contributed by atoms with E-state index in [-0.39, 0.29) is 5.91 Å². The fraction of sp³-hybridized carbons (Fsp3) is 0.222. The number of hydrogen-bond acceptors (Lipinski definition) is 5. The number of carbonyl (C=O) groups is 1. The van der Waals surface area contributed by atoms with Crippen LogP contribution in [0.4, 0.5) is 11.4 Å². The van der Waals surface area contributed by atoms with Crippen molar-refractivity contribution < 1.29 is 4.79 Å². The number of benzene rings is 1. The quantitative estimate of drug-likeness (QED) is 0.749. The highest BCUT2D eigenvalue weighted by atomic mass is 32.1. The van der Waals surface area contributed by atoms with E-state index in [0.29, 0.717) is 5.69 Å². The molecule has 0 unspecified atom stereocenters. The van der Waals surface area contributed by atoms with Gasteiger partial charge in [-0.05, 0) is 42.5 Å². The molecule has 2 aromatic heterocycles. The molecule has 4 rings (SSSR count). The summed E-state index contributed by atoms with van der Waals surface area (Å²) in [4.78, 5) is 19.3. The number of thiazole rings is 1. The summed E-state index contributed by atoms with van der Waals surface area (Å²) >= 11 is 3.13. The first-order chi connectivity index (χ1) is 11.7. The smallest absolute Gasteiger partial charge is 0.275 e. The number of nitrogens with one attached hydrogen (secondary N) is 1. The first-order valence-electron chi connectivity index (χ1n) is 7.92. The SMILES string of the molecule is CCN1CCc2ccc(NC(=O)c3csc(-c4ccsc4)n3)cc21. The Morgan fingerprint density at radius 1 is 1.33 bits per heavy atom. The lowest BCUT2D eigenvalue weighted by atomic mass is 10.1. The second-order valence-corrected chi connectivity index (χ2v) is 7.32. The van der Waals surface area contributed by atoms with Gasteiger partial charge in [0.05, 0.1) is 0 Å². The lowest BCUT2D eigenvalue weighted by molar-refractivity contribution is 0.102. The van der Waals surface area contributed by atoms with E-state index < -0.39 is 0 Å². The number of nitrogens with zero attached hydrogens (tertiary/aromatic N) is 2. The van der Waals surface area contributed by atoms with Gasteiger partial charge < -0.3 is 10.2 Å². The van der Waals surface area contributed by atoms with Gasteiger partial charge in [0.15, 0.2) is 0 Å². The highest BCUT2D eigenvalue weighted by Crippen LogP contribution is 2.31. The van der Waals surface area contributed by atoms with Crippen molar-refractivity contribution in [3.63, 3.8) is 0 Å². The lowest BCUT2D eigenvalue weighted by Crippen LogP contribution is -2.19. The molecule has 0 fully saturated rings. The third kappa shape index (κ3) is 2.83. The Hall–Kier alpha value is -2.18. The first-order valence-corrected chi connectivity index (χ1v) is 9.74. The molecule has 0 atom stereocenters. The number of rotatable bonds is 4. The fourth-order valence-electron chi connectivity index (χ4n) is 2.94. The van der Waals surface area contributed by atoms with E-state index in [1.807, 2.05) is 28.3 Å². The zero-order valence-electron chi connectivity index (χ0n) is 13.3. The number of hydrogen-bond donors (Lipinski definition) is 1. The molecule has 1 aliphatic rings. The molecule has 0 spiro atoms.